The average Bonchev–Trinajstić information content (AvgIpc) is 2.76. The highest BCUT2D eigenvalue weighted by atomic mass is 16.5. The predicted molar refractivity (Wildman–Crippen MR) is 121 cm³/mol. The Hall–Kier alpha value is -3.81. The first kappa shape index (κ1) is 23.8. The van der Waals surface area contributed by atoms with E-state index in [-0.39, 0.29) is 53.3 Å². The summed E-state index contributed by atoms with van der Waals surface area (Å²) in [4.78, 5) is 37.1. The monoisotopic (exact) mass is 454 g/mol. The van der Waals surface area contributed by atoms with E-state index in [9.17, 15) is 14.4 Å². The Balaban J connectivity index is 2.04. The highest BCUT2D eigenvalue weighted by Crippen LogP contribution is 2.33. The van der Waals surface area contributed by atoms with Crippen molar-refractivity contribution in [3.8, 4) is 17.2 Å². The van der Waals surface area contributed by atoms with Crippen LogP contribution in [0.25, 0.3) is 11.0 Å². The number of rotatable bonds is 8. The number of benzene rings is 2. The second kappa shape index (κ2) is 10.2. The third kappa shape index (κ3) is 5.52. The SMILES string of the molecule is COc1cccc(OC)c1C(=O)Oc1cc2oc(=O)cc(C)c2cc1CCC(=O)OC(C)C. The Bertz CT molecular complexity index is 1220. The first-order valence-corrected chi connectivity index (χ1v) is 10.4. The fraction of sp³-hybridized carbons (Fsp3) is 0.320. The lowest BCUT2D eigenvalue weighted by atomic mass is 10.0. The molecule has 0 amide bonds. The molecule has 0 saturated carbocycles. The average molecular weight is 454 g/mol. The quantitative estimate of drug-likeness (QED) is 0.283. The van der Waals surface area contributed by atoms with E-state index in [0.29, 0.717) is 16.5 Å². The van der Waals surface area contributed by atoms with Crippen LogP contribution < -0.4 is 19.8 Å². The van der Waals surface area contributed by atoms with Crippen LogP contribution in [0.1, 0.15) is 41.8 Å². The highest BCUT2D eigenvalue weighted by Gasteiger charge is 2.23. The molecule has 8 nitrogen and oxygen atoms in total. The number of hydrogen-bond donors (Lipinski definition) is 0. The minimum absolute atomic E-state index is 0.0854. The standard InChI is InChI=1S/C25H26O8/c1-14(2)31-22(26)10-9-16-12-17-15(3)11-23(27)32-21(17)13-20(16)33-25(28)24-18(29-4)7-6-8-19(24)30-5/h6-8,11-14H,9-10H2,1-5H3. The Morgan fingerprint density at radius 2 is 1.67 bits per heavy atom. The van der Waals surface area contributed by atoms with Crippen LogP contribution in [0.5, 0.6) is 17.2 Å². The minimum atomic E-state index is -0.718. The molecule has 0 atom stereocenters. The molecule has 174 valence electrons. The molecule has 0 aliphatic carbocycles. The van der Waals surface area contributed by atoms with Crippen LogP contribution in [-0.2, 0) is 16.0 Å². The number of methoxy groups -OCH3 is 2. The molecule has 0 fully saturated rings. The number of esters is 2. The van der Waals surface area contributed by atoms with Crippen molar-refractivity contribution in [1.82, 2.24) is 0 Å². The Morgan fingerprint density at radius 1 is 1.00 bits per heavy atom. The Morgan fingerprint density at radius 3 is 2.27 bits per heavy atom. The number of carbonyl (C=O) groups is 2. The molecule has 3 rings (SSSR count). The van der Waals surface area contributed by atoms with Crippen LogP contribution in [0.15, 0.2) is 45.6 Å². The van der Waals surface area contributed by atoms with Gasteiger partial charge in [-0.3, -0.25) is 4.79 Å². The van der Waals surface area contributed by atoms with Crippen molar-refractivity contribution in [1.29, 1.82) is 0 Å². The lowest BCUT2D eigenvalue weighted by Crippen LogP contribution is -2.14. The van der Waals surface area contributed by atoms with Crippen LogP contribution >= 0.6 is 0 Å². The number of hydrogen-bond acceptors (Lipinski definition) is 8. The summed E-state index contributed by atoms with van der Waals surface area (Å²) < 4.78 is 26.8. The normalized spacial score (nSPS) is 10.8. The molecule has 2 aromatic carbocycles. The molecule has 0 N–H and O–H groups in total. The summed E-state index contributed by atoms with van der Waals surface area (Å²) in [7, 11) is 2.87. The van der Waals surface area contributed by atoms with Gasteiger partial charge in [-0.2, -0.15) is 0 Å². The smallest absolute Gasteiger partial charge is 0.351 e. The maximum Gasteiger partial charge on any atom is 0.351 e. The molecule has 0 bridgehead atoms. The van der Waals surface area contributed by atoms with Crippen LogP contribution in [0, 0.1) is 6.92 Å². The minimum Gasteiger partial charge on any atom is -0.496 e. The first-order valence-electron chi connectivity index (χ1n) is 10.4. The molecule has 0 saturated heterocycles. The summed E-state index contributed by atoms with van der Waals surface area (Å²) in [5.41, 5.74) is 1.15. The van der Waals surface area contributed by atoms with Crippen molar-refractivity contribution in [3.63, 3.8) is 0 Å². The Kier molecular flexibility index (Phi) is 7.37. The van der Waals surface area contributed by atoms with Crippen molar-refractivity contribution in [2.45, 2.75) is 39.7 Å². The Labute approximate surface area is 191 Å². The molecule has 8 heteroatoms. The van der Waals surface area contributed by atoms with Crippen LogP contribution in [0.4, 0.5) is 0 Å². The van der Waals surface area contributed by atoms with Crippen molar-refractivity contribution < 1.29 is 33.0 Å². The summed E-state index contributed by atoms with van der Waals surface area (Å²) in [5, 5.41) is 0.677. The molecular formula is C25H26O8. The molecule has 33 heavy (non-hydrogen) atoms. The fourth-order valence-electron chi connectivity index (χ4n) is 3.44. The van der Waals surface area contributed by atoms with Gasteiger partial charge in [0, 0.05) is 23.9 Å². The zero-order valence-electron chi connectivity index (χ0n) is 19.2. The second-order valence-corrected chi connectivity index (χ2v) is 7.67. The van der Waals surface area contributed by atoms with Gasteiger partial charge in [-0.1, -0.05) is 6.07 Å². The van der Waals surface area contributed by atoms with Gasteiger partial charge in [0.2, 0.25) is 0 Å². The molecule has 1 heterocycles. The zero-order chi connectivity index (χ0) is 24.1. The zero-order valence-corrected chi connectivity index (χ0v) is 19.2. The van der Waals surface area contributed by atoms with Crippen molar-refractivity contribution in [2.24, 2.45) is 0 Å². The lowest BCUT2D eigenvalue weighted by molar-refractivity contribution is -0.147. The number of carbonyl (C=O) groups excluding carboxylic acids is 2. The van der Waals surface area contributed by atoms with Gasteiger partial charge in [-0.15, -0.1) is 0 Å². The van der Waals surface area contributed by atoms with E-state index in [0.717, 1.165) is 0 Å². The van der Waals surface area contributed by atoms with E-state index in [1.165, 1.54) is 26.4 Å². The summed E-state index contributed by atoms with van der Waals surface area (Å²) in [6.07, 6.45) is 0.106. The third-order valence-electron chi connectivity index (χ3n) is 4.93. The molecular weight excluding hydrogens is 428 g/mol. The van der Waals surface area contributed by atoms with Crippen LogP contribution in [0.2, 0.25) is 0 Å². The predicted octanol–water partition coefficient (Wildman–Crippen LogP) is 4.22. The van der Waals surface area contributed by atoms with E-state index >= 15 is 0 Å². The van der Waals surface area contributed by atoms with E-state index in [2.05, 4.69) is 0 Å². The molecule has 0 unspecified atom stereocenters. The van der Waals surface area contributed by atoms with Gasteiger partial charge in [-0.25, -0.2) is 9.59 Å². The van der Waals surface area contributed by atoms with E-state index < -0.39 is 11.6 Å². The van der Waals surface area contributed by atoms with Crippen LogP contribution in [0.3, 0.4) is 0 Å². The van der Waals surface area contributed by atoms with Gasteiger partial charge in [0.05, 0.1) is 20.3 Å². The number of aryl methyl sites for hydroxylation is 2. The van der Waals surface area contributed by atoms with Crippen molar-refractivity contribution >= 4 is 22.9 Å². The highest BCUT2D eigenvalue weighted by molar-refractivity contribution is 5.97. The molecule has 1 aromatic heterocycles. The topological polar surface area (TPSA) is 101 Å². The summed E-state index contributed by atoms with van der Waals surface area (Å²) in [6, 6.07) is 9.53. The summed E-state index contributed by atoms with van der Waals surface area (Å²) in [5.74, 6) is -0.365. The fourth-order valence-corrected chi connectivity index (χ4v) is 3.44. The first-order chi connectivity index (χ1) is 15.7. The lowest BCUT2D eigenvalue weighted by Gasteiger charge is -2.15. The number of fused-ring (bicyclic) bond motifs is 1. The van der Waals surface area contributed by atoms with E-state index in [4.69, 9.17) is 23.4 Å². The van der Waals surface area contributed by atoms with Crippen molar-refractivity contribution in [3.05, 3.63) is 63.5 Å². The van der Waals surface area contributed by atoms with Crippen LogP contribution in [-0.4, -0.2) is 32.3 Å². The largest absolute Gasteiger partial charge is 0.496 e. The second-order valence-electron chi connectivity index (χ2n) is 7.67. The van der Waals surface area contributed by atoms with Gasteiger partial charge >= 0.3 is 17.6 Å². The van der Waals surface area contributed by atoms with E-state index in [1.807, 2.05) is 0 Å². The van der Waals surface area contributed by atoms with Gasteiger partial charge < -0.3 is 23.4 Å². The molecule has 0 aliphatic rings. The summed E-state index contributed by atoms with van der Waals surface area (Å²) >= 11 is 0. The maximum atomic E-state index is 13.1. The van der Waals surface area contributed by atoms with E-state index in [1.54, 1.807) is 45.0 Å². The number of ether oxygens (including phenoxy) is 4. The van der Waals surface area contributed by atoms with Crippen molar-refractivity contribution in [2.75, 3.05) is 14.2 Å². The summed E-state index contributed by atoms with van der Waals surface area (Å²) in [6.45, 7) is 5.32. The molecule has 0 spiro atoms. The van der Waals surface area contributed by atoms with Gasteiger partial charge in [-0.05, 0) is 56.5 Å². The molecule has 0 aliphatic heterocycles. The van der Waals surface area contributed by atoms with Gasteiger partial charge in [0.15, 0.2) is 0 Å². The molecule has 3 aromatic rings. The van der Waals surface area contributed by atoms with Gasteiger partial charge in [0.1, 0.15) is 28.4 Å². The molecule has 0 radical (unpaired) electrons. The maximum absolute atomic E-state index is 13.1. The van der Waals surface area contributed by atoms with Gasteiger partial charge in [0.25, 0.3) is 0 Å². The third-order valence-corrected chi connectivity index (χ3v) is 4.93.